The molecule has 0 saturated carbocycles. The van der Waals surface area contributed by atoms with E-state index in [2.05, 4.69) is 14.9 Å². The zero-order valence-electron chi connectivity index (χ0n) is 13.7. The normalized spacial score (nSPS) is 10.4. The zero-order valence-corrected chi connectivity index (χ0v) is 13.7. The first-order valence-corrected chi connectivity index (χ1v) is 8.06. The Balaban J connectivity index is 1.42. The van der Waals surface area contributed by atoms with Crippen molar-refractivity contribution in [1.82, 2.24) is 14.9 Å². The van der Waals surface area contributed by atoms with E-state index in [0.717, 1.165) is 24.0 Å². The van der Waals surface area contributed by atoms with Gasteiger partial charge >= 0.3 is 0 Å². The largest absolute Gasteiger partial charge is 0.482 e. The molecule has 0 radical (unpaired) electrons. The van der Waals surface area contributed by atoms with E-state index in [1.807, 2.05) is 36.7 Å². The van der Waals surface area contributed by atoms with Crippen LogP contribution in [-0.4, -0.2) is 28.6 Å². The second-order valence-corrected chi connectivity index (χ2v) is 5.53. The number of rotatable bonds is 7. The van der Waals surface area contributed by atoms with Crippen LogP contribution in [0.2, 0.25) is 0 Å². The summed E-state index contributed by atoms with van der Waals surface area (Å²) < 4.78 is 7.47. The summed E-state index contributed by atoms with van der Waals surface area (Å²) in [5.74, 6) is 0.216. The third-order valence-electron chi connectivity index (χ3n) is 3.79. The van der Waals surface area contributed by atoms with Gasteiger partial charge in [-0.05, 0) is 30.7 Å². The fourth-order valence-corrected chi connectivity index (χ4v) is 2.54. The van der Waals surface area contributed by atoms with Gasteiger partial charge in [-0.3, -0.25) is 4.79 Å². The van der Waals surface area contributed by atoms with Crippen LogP contribution in [0.3, 0.4) is 0 Å². The lowest BCUT2D eigenvalue weighted by Crippen LogP contribution is -2.30. The van der Waals surface area contributed by atoms with Crippen molar-refractivity contribution in [1.29, 1.82) is 5.26 Å². The van der Waals surface area contributed by atoms with Gasteiger partial charge < -0.3 is 14.6 Å². The lowest BCUT2D eigenvalue weighted by Gasteiger charge is -2.09. The van der Waals surface area contributed by atoms with Gasteiger partial charge in [0.15, 0.2) is 6.61 Å². The van der Waals surface area contributed by atoms with Crippen LogP contribution in [0.25, 0.3) is 11.0 Å². The van der Waals surface area contributed by atoms with Crippen LogP contribution >= 0.6 is 0 Å². The van der Waals surface area contributed by atoms with Crippen molar-refractivity contribution in [3.63, 3.8) is 0 Å². The number of aryl methyl sites for hydroxylation is 1. The summed E-state index contributed by atoms with van der Waals surface area (Å²) in [7, 11) is 0. The first kappa shape index (κ1) is 16.5. The average Bonchev–Trinajstić information content (AvgIpc) is 3.07. The smallest absolute Gasteiger partial charge is 0.257 e. The number of carbonyl (C=O) groups is 1. The van der Waals surface area contributed by atoms with Crippen molar-refractivity contribution in [3.05, 3.63) is 60.4 Å². The summed E-state index contributed by atoms with van der Waals surface area (Å²) in [4.78, 5) is 16.2. The summed E-state index contributed by atoms with van der Waals surface area (Å²) in [6.45, 7) is 1.22. The second kappa shape index (κ2) is 7.97. The van der Waals surface area contributed by atoms with Gasteiger partial charge in [-0.1, -0.05) is 24.3 Å². The molecule has 1 aromatic heterocycles. The van der Waals surface area contributed by atoms with Crippen molar-refractivity contribution in [2.24, 2.45) is 0 Å². The Hall–Kier alpha value is -3.33. The van der Waals surface area contributed by atoms with Crippen LogP contribution in [0.1, 0.15) is 12.0 Å². The number of aromatic nitrogens is 2. The van der Waals surface area contributed by atoms with E-state index in [4.69, 9.17) is 10.00 Å². The summed E-state index contributed by atoms with van der Waals surface area (Å²) in [6, 6.07) is 16.8. The molecule has 6 nitrogen and oxygen atoms in total. The molecule has 0 aliphatic rings. The van der Waals surface area contributed by atoms with Crippen LogP contribution in [0, 0.1) is 11.3 Å². The maximum atomic E-state index is 11.9. The molecule has 0 saturated heterocycles. The minimum absolute atomic E-state index is 0.104. The third-order valence-corrected chi connectivity index (χ3v) is 3.79. The third kappa shape index (κ3) is 4.15. The fourth-order valence-electron chi connectivity index (χ4n) is 2.54. The Labute approximate surface area is 145 Å². The highest BCUT2D eigenvalue weighted by molar-refractivity contribution is 5.77. The van der Waals surface area contributed by atoms with Crippen molar-refractivity contribution in [2.45, 2.75) is 13.0 Å². The van der Waals surface area contributed by atoms with Gasteiger partial charge in [-0.15, -0.1) is 0 Å². The Morgan fingerprint density at radius 1 is 1.20 bits per heavy atom. The molecular weight excluding hydrogens is 316 g/mol. The van der Waals surface area contributed by atoms with E-state index in [0.29, 0.717) is 17.9 Å². The van der Waals surface area contributed by atoms with Crippen molar-refractivity contribution >= 4 is 16.9 Å². The summed E-state index contributed by atoms with van der Waals surface area (Å²) in [6.07, 6.45) is 2.61. The Bertz CT molecular complexity index is 911. The van der Waals surface area contributed by atoms with Crippen LogP contribution in [0.4, 0.5) is 0 Å². The van der Waals surface area contributed by atoms with Gasteiger partial charge in [0.2, 0.25) is 0 Å². The number of hydrogen-bond acceptors (Lipinski definition) is 4. The van der Waals surface area contributed by atoms with Gasteiger partial charge in [-0.25, -0.2) is 4.98 Å². The molecule has 0 aliphatic carbocycles. The van der Waals surface area contributed by atoms with E-state index >= 15 is 0 Å². The number of amides is 1. The monoisotopic (exact) mass is 334 g/mol. The van der Waals surface area contributed by atoms with E-state index in [9.17, 15) is 4.79 Å². The number of hydrogen-bond donors (Lipinski definition) is 1. The predicted octanol–water partition coefficient (Wildman–Crippen LogP) is 2.49. The number of nitrogens with zero attached hydrogens (tertiary/aromatic N) is 3. The Kier molecular flexibility index (Phi) is 5.27. The second-order valence-electron chi connectivity index (χ2n) is 5.53. The molecule has 2 aromatic carbocycles. The molecule has 1 N–H and O–H groups in total. The van der Waals surface area contributed by atoms with E-state index in [-0.39, 0.29) is 12.5 Å². The highest BCUT2D eigenvalue weighted by atomic mass is 16.5. The molecule has 0 spiro atoms. The molecule has 1 amide bonds. The maximum absolute atomic E-state index is 11.9. The molecule has 25 heavy (non-hydrogen) atoms. The molecule has 0 aliphatic heterocycles. The molecule has 6 heteroatoms. The molecule has 0 atom stereocenters. The van der Waals surface area contributed by atoms with Crippen LogP contribution in [-0.2, 0) is 11.3 Å². The fraction of sp³-hybridized carbons (Fsp3) is 0.211. The minimum atomic E-state index is -0.205. The van der Waals surface area contributed by atoms with Gasteiger partial charge in [0.05, 0.1) is 22.9 Å². The molecule has 0 fully saturated rings. The SMILES string of the molecule is N#Cc1ccccc1OCC(=O)NCCCn1cnc2ccccc21. The molecule has 1 heterocycles. The molecule has 3 rings (SSSR count). The Morgan fingerprint density at radius 2 is 2.00 bits per heavy atom. The quantitative estimate of drug-likeness (QED) is 0.673. The highest BCUT2D eigenvalue weighted by Crippen LogP contribution is 2.16. The van der Waals surface area contributed by atoms with Crippen LogP contribution in [0.15, 0.2) is 54.9 Å². The molecule has 0 unspecified atom stereocenters. The molecule has 3 aromatic rings. The Morgan fingerprint density at radius 3 is 2.88 bits per heavy atom. The first-order chi connectivity index (χ1) is 12.3. The summed E-state index contributed by atoms with van der Waals surface area (Å²) in [5, 5.41) is 11.8. The highest BCUT2D eigenvalue weighted by Gasteiger charge is 2.06. The van der Waals surface area contributed by atoms with Crippen LogP contribution < -0.4 is 10.1 Å². The zero-order chi connectivity index (χ0) is 17.5. The number of fused-ring (bicyclic) bond motifs is 1. The van der Waals surface area contributed by atoms with Gasteiger partial charge in [0.1, 0.15) is 11.8 Å². The molecule has 126 valence electrons. The van der Waals surface area contributed by atoms with Crippen LogP contribution in [0.5, 0.6) is 5.75 Å². The number of benzene rings is 2. The minimum Gasteiger partial charge on any atom is -0.482 e. The number of ether oxygens (including phenoxy) is 1. The van der Waals surface area contributed by atoms with Crippen molar-refractivity contribution in [3.8, 4) is 11.8 Å². The lowest BCUT2D eigenvalue weighted by atomic mass is 10.2. The first-order valence-electron chi connectivity index (χ1n) is 8.06. The van der Waals surface area contributed by atoms with Crippen molar-refractivity contribution < 1.29 is 9.53 Å². The summed E-state index contributed by atoms with van der Waals surface area (Å²) in [5.41, 5.74) is 2.48. The van der Waals surface area contributed by atoms with E-state index in [1.54, 1.807) is 24.3 Å². The van der Waals surface area contributed by atoms with E-state index < -0.39 is 0 Å². The number of para-hydroxylation sites is 3. The number of carbonyl (C=O) groups excluding carboxylic acids is 1. The topological polar surface area (TPSA) is 79.9 Å². The van der Waals surface area contributed by atoms with Gasteiger partial charge in [0.25, 0.3) is 5.91 Å². The number of imidazole rings is 1. The summed E-state index contributed by atoms with van der Waals surface area (Å²) >= 11 is 0. The number of nitrogens with one attached hydrogen (secondary N) is 1. The maximum Gasteiger partial charge on any atom is 0.257 e. The predicted molar refractivity (Wildman–Crippen MR) is 94.0 cm³/mol. The average molecular weight is 334 g/mol. The lowest BCUT2D eigenvalue weighted by molar-refractivity contribution is -0.123. The molecule has 0 bridgehead atoms. The van der Waals surface area contributed by atoms with Gasteiger partial charge in [-0.2, -0.15) is 5.26 Å². The number of nitriles is 1. The van der Waals surface area contributed by atoms with Gasteiger partial charge in [0, 0.05) is 13.1 Å². The standard InChI is InChI=1S/C19H18N4O2/c20-12-15-6-1-4-9-18(15)25-13-19(24)21-10-5-11-23-14-22-16-7-2-3-8-17(16)23/h1-4,6-9,14H,5,10-11,13H2,(H,21,24). The van der Waals surface area contributed by atoms with Crippen molar-refractivity contribution in [2.75, 3.05) is 13.2 Å². The van der Waals surface area contributed by atoms with E-state index in [1.165, 1.54) is 0 Å². The molecular formula is C19H18N4O2.